The van der Waals surface area contributed by atoms with E-state index in [1.54, 1.807) is 0 Å². The Bertz CT molecular complexity index is 3210. The van der Waals surface area contributed by atoms with Crippen LogP contribution >= 0.6 is 0 Å². The van der Waals surface area contributed by atoms with Crippen LogP contribution in [-0.4, -0.2) is 9.97 Å². The Hall–Kier alpha value is -6.90. The molecular formula is C50H30N2. The van der Waals surface area contributed by atoms with E-state index in [9.17, 15) is 0 Å². The molecule has 0 atom stereocenters. The third kappa shape index (κ3) is 4.44. The second-order valence-corrected chi connectivity index (χ2v) is 13.7. The molecule has 0 bridgehead atoms. The van der Waals surface area contributed by atoms with Gasteiger partial charge in [0.1, 0.15) is 0 Å². The summed E-state index contributed by atoms with van der Waals surface area (Å²) < 4.78 is 0. The standard InChI is InChI=1S/C50H30N2/c1-2-10-41-40(9-1)43-11-3-6-35-21-22-36-7-4-12-44(48(36)47(35)43)42-27-25-39(30-45(41)42)33-15-13-31(14-16-33)32-17-19-34(20-18-32)46-28-26-38-24-23-37-8-5-29-51-49(37)50(38)52-46/h1-30H. The Labute approximate surface area is 300 Å². The lowest BCUT2D eigenvalue weighted by atomic mass is 9.89. The second-order valence-electron chi connectivity index (χ2n) is 13.7. The number of fused-ring (bicyclic) bond motifs is 8. The number of aromatic nitrogens is 2. The molecule has 0 saturated carbocycles. The number of nitrogens with zero attached hydrogens (tertiary/aromatic N) is 2. The number of pyridine rings is 2. The van der Waals surface area contributed by atoms with Crippen LogP contribution in [0.15, 0.2) is 182 Å². The van der Waals surface area contributed by atoms with E-state index < -0.39 is 0 Å². The molecule has 9 aromatic carbocycles. The van der Waals surface area contributed by atoms with Crippen molar-refractivity contribution in [3.8, 4) is 33.5 Å². The van der Waals surface area contributed by atoms with Crippen LogP contribution in [0.2, 0.25) is 0 Å². The fourth-order valence-corrected chi connectivity index (χ4v) is 8.31. The van der Waals surface area contributed by atoms with Gasteiger partial charge in [-0.05, 0) is 94.3 Å². The van der Waals surface area contributed by atoms with E-state index in [0.29, 0.717) is 0 Å². The van der Waals surface area contributed by atoms with E-state index in [1.807, 2.05) is 12.3 Å². The second kappa shape index (κ2) is 11.3. The summed E-state index contributed by atoms with van der Waals surface area (Å²) in [6, 6.07) is 64.1. The van der Waals surface area contributed by atoms with E-state index in [4.69, 9.17) is 4.98 Å². The van der Waals surface area contributed by atoms with Gasteiger partial charge < -0.3 is 0 Å². The number of hydrogen-bond donors (Lipinski definition) is 0. The highest BCUT2D eigenvalue weighted by Gasteiger charge is 2.13. The van der Waals surface area contributed by atoms with Crippen LogP contribution in [0, 0.1) is 0 Å². The zero-order valence-electron chi connectivity index (χ0n) is 28.2. The molecule has 0 aliphatic carbocycles. The molecule has 0 saturated heterocycles. The highest BCUT2D eigenvalue weighted by Crippen LogP contribution is 2.41. The normalized spacial score (nSPS) is 11.8. The molecule has 0 N–H and O–H groups in total. The van der Waals surface area contributed by atoms with Gasteiger partial charge in [-0.2, -0.15) is 0 Å². The van der Waals surface area contributed by atoms with Crippen molar-refractivity contribution in [3.05, 3.63) is 182 Å². The van der Waals surface area contributed by atoms with Crippen LogP contribution in [0.1, 0.15) is 0 Å². The molecule has 0 fully saturated rings. The van der Waals surface area contributed by atoms with Crippen LogP contribution in [0.3, 0.4) is 0 Å². The SMILES string of the molecule is c1cnc2c(c1)ccc1ccc(-c3ccc(-c4ccc(-c5ccc6c(c5)c5ccccc5c5cccc7ccc8cccc6c8c75)cc4)cc3)nc12. The molecule has 52 heavy (non-hydrogen) atoms. The summed E-state index contributed by atoms with van der Waals surface area (Å²) in [5.41, 5.74) is 8.68. The topological polar surface area (TPSA) is 25.8 Å². The first-order chi connectivity index (χ1) is 25.8. The van der Waals surface area contributed by atoms with Crippen molar-refractivity contribution >= 4 is 75.7 Å². The Morgan fingerprint density at radius 2 is 0.769 bits per heavy atom. The molecule has 0 spiro atoms. The van der Waals surface area contributed by atoms with Gasteiger partial charge in [0.15, 0.2) is 0 Å². The van der Waals surface area contributed by atoms with Crippen molar-refractivity contribution in [2.24, 2.45) is 0 Å². The van der Waals surface area contributed by atoms with Gasteiger partial charge in [-0.1, -0.05) is 158 Å². The Morgan fingerprint density at radius 3 is 1.44 bits per heavy atom. The molecule has 2 heterocycles. The lowest BCUT2D eigenvalue weighted by Gasteiger charge is -2.14. The van der Waals surface area contributed by atoms with Crippen molar-refractivity contribution in [1.29, 1.82) is 0 Å². The predicted octanol–water partition coefficient (Wildman–Crippen LogP) is 13.5. The third-order valence-electron chi connectivity index (χ3n) is 10.9. The summed E-state index contributed by atoms with van der Waals surface area (Å²) in [4.78, 5) is 9.67. The quantitative estimate of drug-likeness (QED) is 0.177. The van der Waals surface area contributed by atoms with Gasteiger partial charge in [0.05, 0.1) is 16.7 Å². The Balaban J connectivity index is 0.998. The van der Waals surface area contributed by atoms with Crippen LogP contribution in [-0.2, 0) is 0 Å². The van der Waals surface area contributed by atoms with Crippen molar-refractivity contribution in [3.63, 3.8) is 0 Å². The smallest absolute Gasteiger partial charge is 0.0972 e. The summed E-state index contributed by atoms with van der Waals surface area (Å²) in [5.74, 6) is 0. The van der Waals surface area contributed by atoms with Gasteiger partial charge in [0, 0.05) is 22.5 Å². The van der Waals surface area contributed by atoms with Crippen LogP contribution in [0.25, 0.3) is 109 Å². The average Bonchev–Trinajstić information content (AvgIpc) is 3.22. The van der Waals surface area contributed by atoms with Gasteiger partial charge in [0.2, 0.25) is 0 Å². The molecule has 0 amide bonds. The molecule has 2 heteroatoms. The molecule has 0 unspecified atom stereocenters. The monoisotopic (exact) mass is 658 g/mol. The molecule has 0 aliphatic heterocycles. The minimum atomic E-state index is 0.936. The summed E-state index contributed by atoms with van der Waals surface area (Å²) in [5, 5.41) is 15.1. The van der Waals surface area contributed by atoms with Crippen molar-refractivity contribution in [1.82, 2.24) is 9.97 Å². The van der Waals surface area contributed by atoms with E-state index in [2.05, 4.69) is 175 Å². The van der Waals surface area contributed by atoms with Crippen molar-refractivity contribution < 1.29 is 0 Å². The van der Waals surface area contributed by atoms with Gasteiger partial charge in [0.25, 0.3) is 0 Å². The van der Waals surface area contributed by atoms with Gasteiger partial charge in [-0.25, -0.2) is 4.98 Å². The van der Waals surface area contributed by atoms with Crippen LogP contribution in [0.5, 0.6) is 0 Å². The van der Waals surface area contributed by atoms with Gasteiger partial charge in [-0.3, -0.25) is 4.98 Å². The first-order valence-corrected chi connectivity index (χ1v) is 17.8. The van der Waals surface area contributed by atoms with E-state index in [1.165, 1.54) is 76.1 Å². The van der Waals surface area contributed by atoms with Gasteiger partial charge in [-0.15, -0.1) is 0 Å². The molecule has 240 valence electrons. The van der Waals surface area contributed by atoms with Gasteiger partial charge >= 0.3 is 0 Å². The maximum Gasteiger partial charge on any atom is 0.0972 e. The molecular weight excluding hydrogens is 629 g/mol. The van der Waals surface area contributed by atoms with E-state index >= 15 is 0 Å². The molecule has 11 rings (SSSR count). The van der Waals surface area contributed by atoms with E-state index in [-0.39, 0.29) is 0 Å². The number of rotatable bonds is 3. The summed E-state index contributed by atoms with van der Waals surface area (Å²) in [6.45, 7) is 0. The molecule has 0 aliphatic rings. The first kappa shape index (κ1) is 28.9. The average molecular weight is 659 g/mol. The molecule has 11 aromatic rings. The maximum absolute atomic E-state index is 5.05. The molecule has 0 radical (unpaired) electrons. The minimum absolute atomic E-state index is 0.936. The lowest BCUT2D eigenvalue weighted by Crippen LogP contribution is -1.89. The minimum Gasteiger partial charge on any atom is -0.254 e. The zero-order chi connectivity index (χ0) is 34.2. The van der Waals surface area contributed by atoms with Crippen molar-refractivity contribution in [2.45, 2.75) is 0 Å². The summed E-state index contributed by atoms with van der Waals surface area (Å²) in [6.07, 6.45) is 1.84. The zero-order valence-corrected chi connectivity index (χ0v) is 28.2. The molecule has 2 aromatic heterocycles. The van der Waals surface area contributed by atoms with E-state index in [0.717, 1.165) is 33.1 Å². The number of hydrogen-bond acceptors (Lipinski definition) is 2. The first-order valence-electron chi connectivity index (χ1n) is 17.8. The Morgan fingerprint density at radius 1 is 0.288 bits per heavy atom. The van der Waals surface area contributed by atoms with Crippen LogP contribution < -0.4 is 0 Å². The Kier molecular flexibility index (Phi) is 6.28. The highest BCUT2D eigenvalue weighted by atomic mass is 14.7. The lowest BCUT2D eigenvalue weighted by molar-refractivity contribution is 1.37. The summed E-state index contributed by atoms with van der Waals surface area (Å²) in [7, 11) is 0. The highest BCUT2D eigenvalue weighted by molar-refractivity contribution is 6.32. The fraction of sp³-hybridized carbons (Fsp3) is 0. The largest absolute Gasteiger partial charge is 0.254 e. The maximum atomic E-state index is 5.05. The van der Waals surface area contributed by atoms with Crippen LogP contribution in [0.4, 0.5) is 0 Å². The summed E-state index contributed by atoms with van der Waals surface area (Å²) >= 11 is 0. The fourth-order valence-electron chi connectivity index (χ4n) is 8.31. The third-order valence-corrected chi connectivity index (χ3v) is 10.9. The predicted molar refractivity (Wildman–Crippen MR) is 221 cm³/mol. The molecule has 2 nitrogen and oxygen atoms in total. The number of benzene rings is 8. The van der Waals surface area contributed by atoms with Crippen molar-refractivity contribution in [2.75, 3.05) is 0 Å².